The highest BCUT2D eigenvalue weighted by Gasteiger charge is 2.02. The number of benzene rings is 1. The van der Waals surface area contributed by atoms with Gasteiger partial charge in [-0.2, -0.15) is 0 Å². The molecular weight excluding hydrogens is 222 g/mol. The molecule has 2 nitrogen and oxygen atoms in total. The van der Waals surface area contributed by atoms with Crippen molar-refractivity contribution in [1.29, 1.82) is 0 Å². The predicted molar refractivity (Wildman–Crippen MR) is 77.9 cm³/mol. The molecule has 1 N–H and O–H groups in total. The maximum absolute atomic E-state index is 5.56. The average molecular weight is 249 g/mol. The van der Waals surface area contributed by atoms with E-state index in [4.69, 9.17) is 4.74 Å². The van der Waals surface area contributed by atoms with Crippen LogP contribution in [0.3, 0.4) is 0 Å². The van der Waals surface area contributed by atoms with Crippen LogP contribution in [0.4, 0.5) is 0 Å². The largest absolute Gasteiger partial charge is 0.381 e. The van der Waals surface area contributed by atoms with E-state index < -0.39 is 0 Å². The van der Waals surface area contributed by atoms with Crippen molar-refractivity contribution in [3.8, 4) is 0 Å². The van der Waals surface area contributed by atoms with E-state index in [1.54, 1.807) is 0 Å². The first-order valence-corrected chi connectivity index (χ1v) is 7.03. The van der Waals surface area contributed by atoms with Gasteiger partial charge in [0.05, 0.1) is 0 Å². The van der Waals surface area contributed by atoms with Gasteiger partial charge in [-0.1, -0.05) is 44.2 Å². The topological polar surface area (TPSA) is 21.3 Å². The van der Waals surface area contributed by atoms with E-state index in [1.807, 2.05) is 0 Å². The summed E-state index contributed by atoms with van der Waals surface area (Å²) in [5.41, 5.74) is 1.40. The lowest BCUT2D eigenvalue weighted by Crippen LogP contribution is -2.29. The molecule has 0 spiro atoms. The van der Waals surface area contributed by atoms with Crippen LogP contribution in [0.2, 0.25) is 0 Å². The van der Waals surface area contributed by atoms with E-state index >= 15 is 0 Å². The van der Waals surface area contributed by atoms with E-state index in [-0.39, 0.29) is 0 Å². The zero-order chi connectivity index (χ0) is 13.2. The third-order valence-electron chi connectivity index (χ3n) is 2.79. The lowest BCUT2D eigenvalue weighted by Gasteiger charge is -2.14. The quantitative estimate of drug-likeness (QED) is 0.678. The lowest BCUT2D eigenvalue weighted by molar-refractivity contribution is 0.107. The Kier molecular flexibility index (Phi) is 7.70. The molecule has 0 aliphatic carbocycles. The Hall–Kier alpha value is -0.860. The number of hydrogen-bond acceptors (Lipinski definition) is 2. The van der Waals surface area contributed by atoms with Crippen molar-refractivity contribution in [2.75, 3.05) is 19.8 Å². The summed E-state index contributed by atoms with van der Waals surface area (Å²) >= 11 is 0. The molecule has 2 heteroatoms. The summed E-state index contributed by atoms with van der Waals surface area (Å²) in [7, 11) is 0. The molecule has 1 atom stereocenters. The summed E-state index contributed by atoms with van der Waals surface area (Å²) in [5, 5.41) is 3.54. The van der Waals surface area contributed by atoms with Gasteiger partial charge in [-0.25, -0.2) is 0 Å². The van der Waals surface area contributed by atoms with Crippen molar-refractivity contribution in [2.45, 2.75) is 39.7 Å². The van der Waals surface area contributed by atoms with Gasteiger partial charge in [-0.3, -0.25) is 0 Å². The van der Waals surface area contributed by atoms with Gasteiger partial charge in [0, 0.05) is 19.3 Å². The number of nitrogens with one attached hydrogen (secondary N) is 1. The third kappa shape index (κ3) is 7.46. The van der Waals surface area contributed by atoms with Gasteiger partial charge < -0.3 is 10.1 Å². The van der Waals surface area contributed by atoms with Gasteiger partial charge in [0.1, 0.15) is 0 Å². The summed E-state index contributed by atoms with van der Waals surface area (Å²) in [6.07, 6.45) is 2.18. The first-order valence-electron chi connectivity index (χ1n) is 7.03. The monoisotopic (exact) mass is 249 g/mol. The third-order valence-corrected chi connectivity index (χ3v) is 2.79. The molecule has 0 saturated carbocycles. The van der Waals surface area contributed by atoms with Gasteiger partial charge in [0.2, 0.25) is 0 Å². The molecule has 1 unspecified atom stereocenters. The minimum Gasteiger partial charge on any atom is -0.381 e. The van der Waals surface area contributed by atoms with Crippen molar-refractivity contribution in [3.63, 3.8) is 0 Å². The van der Waals surface area contributed by atoms with E-state index in [9.17, 15) is 0 Å². The Morgan fingerprint density at radius 1 is 1.11 bits per heavy atom. The van der Waals surface area contributed by atoms with Crippen LogP contribution in [0, 0.1) is 5.92 Å². The zero-order valence-electron chi connectivity index (χ0n) is 12.0. The molecule has 0 fully saturated rings. The average Bonchev–Trinajstić information content (AvgIpc) is 2.34. The highest BCUT2D eigenvalue weighted by molar-refractivity contribution is 5.15. The Labute approximate surface area is 112 Å². The predicted octanol–water partition coefficient (Wildman–Crippen LogP) is 3.27. The SMILES string of the molecule is CC(C)COCCCNC(C)Cc1ccccc1. The molecule has 0 amide bonds. The molecule has 0 aromatic heterocycles. The van der Waals surface area contributed by atoms with Gasteiger partial charge in [-0.05, 0) is 37.8 Å². The Morgan fingerprint density at radius 2 is 1.83 bits per heavy atom. The lowest BCUT2D eigenvalue weighted by atomic mass is 10.1. The van der Waals surface area contributed by atoms with Crippen molar-refractivity contribution < 1.29 is 4.74 Å². The molecule has 0 bridgehead atoms. The summed E-state index contributed by atoms with van der Waals surface area (Å²) in [5.74, 6) is 0.634. The van der Waals surface area contributed by atoms with E-state index in [2.05, 4.69) is 56.4 Å². The molecule has 0 radical (unpaired) electrons. The molecule has 1 rings (SSSR count). The number of ether oxygens (including phenoxy) is 1. The van der Waals surface area contributed by atoms with Crippen LogP contribution < -0.4 is 5.32 Å². The fourth-order valence-corrected chi connectivity index (χ4v) is 1.88. The molecule has 1 aromatic carbocycles. The Balaban J connectivity index is 2.02. The molecule has 1 aromatic rings. The smallest absolute Gasteiger partial charge is 0.0489 e. The maximum Gasteiger partial charge on any atom is 0.0489 e. The summed E-state index contributed by atoms with van der Waals surface area (Å²) in [4.78, 5) is 0. The van der Waals surface area contributed by atoms with Crippen LogP contribution in [-0.4, -0.2) is 25.8 Å². The number of rotatable bonds is 9. The molecule has 0 aliphatic heterocycles. The molecular formula is C16H27NO. The summed E-state index contributed by atoms with van der Waals surface area (Å²) in [6.45, 7) is 9.37. The normalized spacial score (nSPS) is 12.9. The van der Waals surface area contributed by atoms with Crippen molar-refractivity contribution >= 4 is 0 Å². The van der Waals surface area contributed by atoms with Crippen LogP contribution in [0.25, 0.3) is 0 Å². The van der Waals surface area contributed by atoms with E-state index in [0.717, 1.165) is 32.6 Å². The molecule has 0 aliphatic rings. The highest BCUT2D eigenvalue weighted by Crippen LogP contribution is 2.02. The van der Waals surface area contributed by atoms with Gasteiger partial charge in [-0.15, -0.1) is 0 Å². The van der Waals surface area contributed by atoms with Crippen LogP contribution in [0.15, 0.2) is 30.3 Å². The van der Waals surface area contributed by atoms with Crippen molar-refractivity contribution in [2.24, 2.45) is 5.92 Å². The Bertz CT molecular complexity index is 297. The number of hydrogen-bond donors (Lipinski definition) is 1. The minimum absolute atomic E-state index is 0.525. The molecule has 102 valence electrons. The fraction of sp³-hybridized carbons (Fsp3) is 0.625. The van der Waals surface area contributed by atoms with E-state index in [1.165, 1.54) is 5.56 Å². The zero-order valence-corrected chi connectivity index (χ0v) is 12.0. The second-order valence-electron chi connectivity index (χ2n) is 5.37. The standard InChI is InChI=1S/C16H27NO/c1-14(2)13-18-11-7-10-17-15(3)12-16-8-5-4-6-9-16/h4-6,8-9,14-15,17H,7,10-13H2,1-3H3. The van der Waals surface area contributed by atoms with Gasteiger partial charge >= 0.3 is 0 Å². The second kappa shape index (κ2) is 9.12. The van der Waals surface area contributed by atoms with Gasteiger partial charge in [0.25, 0.3) is 0 Å². The second-order valence-corrected chi connectivity index (χ2v) is 5.37. The van der Waals surface area contributed by atoms with Crippen LogP contribution in [0.5, 0.6) is 0 Å². The first-order chi connectivity index (χ1) is 8.68. The van der Waals surface area contributed by atoms with Crippen LogP contribution >= 0.6 is 0 Å². The molecule has 0 saturated heterocycles. The first kappa shape index (κ1) is 15.2. The fourth-order valence-electron chi connectivity index (χ4n) is 1.88. The summed E-state index contributed by atoms with van der Waals surface area (Å²) in [6, 6.07) is 11.2. The highest BCUT2D eigenvalue weighted by atomic mass is 16.5. The molecule has 0 heterocycles. The maximum atomic E-state index is 5.56. The van der Waals surface area contributed by atoms with E-state index in [0.29, 0.717) is 12.0 Å². The van der Waals surface area contributed by atoms with Crippen molar-refractivity contribution in [3.05, 3.63) is 35.9 Å². The van der Waals surface area contributed by atoms with Crippen LogP contribution in [0.1, 0.15) is 32.8 Å². The molecule has 18 heavy (non-hydrogen) atoms. The van der Waals surface area contributed by atoms with Gasteiger partial charge in [0.15, 0.2) is 0 Å². The van der Waals surface area contributed by atoms with Crippen molar-refractivity contribution in [1.82, 2.24) is 5.32 Å². The minimum atomic E-state index is 0.525. The van der Waals surface area contributed by atoms with Crippen LogP contribution in [-0.2, 0) is 11.2 Å². The summed E-state index contributed by atoms with van der Waals surface area (Å²) < 4.78 is 5.56. The Morgan fingerprint density at radius 3 is 2.50 bits per heavy atom.